The Morgan fingerprint density at radius 3 is 2.68 bits per heavy atom. The van der Waals surface area contributed by atoms with E-state index in [2.05, 4.69) is 9.97 Å². The quantitative estimate of drug-likeness (QED) is 0.687. The van der Waals surface area contributed by atoms with E-state index >= 15 is 0 Å². The van der Waals surface area contributed by atoms with Crippen LogP contribution in [0.15, 0.2) is 30.6 Å². The van der Waals surface area contributed by atoms with Gasteiger partial charge in [-0.05, 0) is 43.4 Å². The third-order valence-corrected chi connectivity index (χ3v) is 5.34. The van der Waals surface area contributed by atoms with Crippen LogP contribution in [0.5, 0.6) is 11.6 Å². The molecule has 1 aromatic carbocycles. The molecule has 2 fully saturated rings. The van der Waals surface area contributed by atoms with Gasteiger partial charge in [0.05, 0.1) is 19.3 Å². The first-order valence-electron chi connectivity index (χ1n) is 9.81. The van der Waals surface area contributed by atoms with E-state index in [0.717, 1.165) is 30.6 Å². The largest absolute Gasteiger partial charge is 0.489 e. The number of halogens is 1. The summed E-state index contributed by atoms with van der Waals surface area (Å²) >= 11 is 0. The zero-order valence-corrected chi connectivity index (χ0v) is 16.3. The number of ether oxygens (including phenoxy) is 3. The van der Waals surface area contributed by atoms with Gasteiger partial charge in [-0.3, -0.25) is 0 Å². The Labute approximate surface area is 164 Å². The fourth-order valence-corrected chi connectivity index (χ4v) is 3.31. The average Bonchev–Trinajstić information content (AvgIpc) is 3.44. The Hall–Kier alpha value is -2.41. The predicted molar refractivity (Wildman–Crippen MR) is 103 cm³/mol. The van der Waals surface area contributed by atoms with Gasteiger partial charge in [0.25, 0.3) is 5.88 Å². The second-order valence-electron chi connectivity index (χ2n) is 7.49. The number of benzene rings is 1. The van der Waals surface area contributed by atoms with Crippen LogP contribution in [0.1, 0.15) is 37.9 Å². The van der Waals surface area contributed by atoms with Gasteiger partial charge in [-0.15, -0.1) is 0 Å². The Balaban J connectivity index is 1.36. The molecule has 2 aromatic rings. The van der Waals surface area contributed by atoms with Crippen LogP contribution in [0.4, 0.5) is 10.2 Å². The van der Waals surface area contributed by atoms with Crippen LogP contribution in [-0.4, -0.2) is 42.9 Å². The maximum Gasteiger partial charge on any atom is 0.255 e. The Kier molecular flexibility index (Phi) is 5.62. The molecule has 0 amide bonds. The molecule has 150 valence electrons. The van der Waals surface area contributed by atoms with E-state index in [0.29, 0.717) is 25.6 Å². The highest BCUT2D eigenvalue weighted by atomic mass is 19.1. The minimum atomic E-state index is -0.485. The van der Waals surface area contributed by atoms with Crippen molar-refractivity contribution in [3.8, 4) is 11.6 Å². The molecule has 0 radical (unpaired) electrons. The molecule has 1 saturated heterocycles. The van der Waals surface area contributed by atoms with Gasteiger partial charge in [0.2, 0.25) is 5.82 Å². The SMILES string of the molecule is COC(C)c1ccc(OC2CCN(c3ncnc(OCC4CC4)c3F)C2)cc1. The maximum absolute atomic E-state index is 14.8. The molecule has 4 rings (SSSR count). The molecule has 1 aliphatic carbocycles. The van der Waals surface area contributed by atoms with Crippen molar-refractivity contribution < 1.29 is 18.6 Å². The van der Waals surface area contributed by atoms with E-state index < -0.39 is 5.82 Å². The smallest absolute Gasteiger partial charge is 0.255 e. The first-order chi connectivity index (χ1) is 13.6. The molecule has 0 bridgehead atoms. The Morgan fingerprint density at radius 2 is 1.96 bits per heavy atom. The topological polar surface area (TPSA) is 56.7 Å². The van der Waals surface area contributed by atoms with Crippen molar-refractivity contribution in [3.05, 3.63) is 42.0 Å². The fraction of sp³-hybridized carbons (Fsp3) is 0.524. The van der Waals surface area contributed by atoms with Crippen molar-refractivity contribution >= 4 is 5.82 Å². The van der Waals surface area contributed by atoms with Crippen LogP contribution < -0.4 is 14.4 Å². The number of rotatable bonds is 8. The summed E-state index contributed by atoms with van der Waals surface area (Å²) < 4.78 is 31.7. The lowest BCUT2D eigenvalue weighted by Crippen LogP contribution is -2.26. The van der Waals surface area contributed by atoms with Gasteiger partial charge in [-0.2, -0.15) is 9.37 Å². The fourth-order valence-electron chi connectivity index (χ4n) is 3.31. The summed E-state index contributed by atoms with van der Waals surface area (Å²) in [5.41, 5.74) is 1.10. The van der Waals surface area contributed by atoms with Gasteiger partial charge in [-0.1, -0.05) is 12.1 Å². The second-order valence-corrected chi connectivity index (χ2v) is 7.49. The average molecular weight is 387 g/mol. The van der Waals surface area contributed by atoms with Crippen molar-refractivity contribution in [2.75, 3.05) is 31.7 Å². The van der Waals surface area contributed by atoms with E-state index in [9.17, 15) is 4.39 Å². The number of hydrogen-bond donors (Lipinski definition) is 0. The molecule has 7 heteroatoms. The first-order valence-corrected chi connectivity index (χ1v) is 9.81. The van der Waals surface area contributed by atoms with Crippen molar-refractivity contribution in [2.45, 2.75) is 38.4 Å². The number of aromatic nitrogens is 2. The number of anilines is 1. The summed E-state index contributed by atoms with van der Waals surface area (Å²) in [6.45, 7) is 3.78. The first kappa shape index (κ1) is 18.9. The lowest BCUT2D eigenvalue weighted by molar-refractivity contribution is 0.119. The van der Waals surface area contributed by atoms with Crippen LogP contribution in [0.3, 0.4) is 0 Å². The lowest BCUT2D eigenvalue weighted by Gasteiger charge is -2.19. The van der Waals surface area contributed by atoms with E-state index in [1.54, 1.807) is 7.11 Å². The number of methoxy groups -OCH3 is 1. The van der Waals surface area contributed by atoms with Gasteiger partial charge in [-0.25, -0.2) is 4.98 Å². The molecular weight excluding hydrogens is 361 g/mol. The number of hydrogen-bond acceptors (Lipinski definition) is 6. The highest BCUT2D eigenvalue weighted by Gasteiger charge is 2.29. The van der Waals surface area contributed by atoms with E-state index in [1.807, 2.05) is 36.1 Å². The normalized spacial score (nSPS) is 20.2. The monoisotopic (exact) mass is 387 g/mol. The van der Waals surface area contributed by atoms with Gasteiger partial charge >= 0.3 is 0 Å². The summed E-state index contributed by atoms with van der Waals surface area (Å²) in [4.78, 5) is 9.98. The van der Waals surface area contributed by atoms with Crippen molar-refractivity contribution in [1.29, 1.82) is 0 Å². The second kappa shape index (κ2) is 8.31. The van der Waals surface area contributed by atoms with E-state index in [-0.39, 0.29) is 23.9 Å². The summed E-state index contributed by atoms with van der Waals surface area (Å²) in [5, 5.41) is 0. The summed E-state index contributed by atoms with van der Waals surface area (Å²) in [7, 11) is 1.69. The highest BCUT2D eigenvalue weighted by molar-refractivity contribution is 5.44. The van der Waals surface area contributed by atoms with Gasteiger partial charge < -0.3 is 19.1 Å². The molecule has 2 unspecified atom stereocenters. The van der Waals surface area contributed by atoms with Gasteiger partial charge in [0.15, 0.2) is 5.82 Å². The molecular formula is C21H26FN3O3. The maximum atomic E-state index is 14.8. The lowest BCUT2D eigenvalue weighted by atomic mass is 10.1. The van der Waals surface area contributed by atoms with Crippen LogP contribution in [0.25, 0.3) is 0 Å². The molecule has 2 atom stereocenters. The molecule has 28 heavy (non-hydrogen) atoms. The molecule has 1 aliphatic heterocycles. The molecule has 1 saturated carbocycles. The zero-order chi connectivity index (χ0) is 19.5. The molecule has 0 N–H and O–H groups in total. The standard InChI is InChI=1S/C21H26FN3O3/c1-14(26-2)16-5-7-17(8-6-16)28-18-9-10-25(11-18)20-19(22)21(24-13-23-20)27-12-15-3-4-15/h5-8,13-15,18H,3-4,9-12H2,1-2H3. The van der Waals surface area contributed by atoms with Crippen LogP contribution in [0.2, 0.25) is 0 Å². The van der Waals surface area contributed by atoms with Gasteiger partial charge in [0.1, 0.15) is 18.2 Å². The Bertz CT molecular complexity index is 798. The van der Waals surface area contributed by atoms with Crippen molar-refractivity contribution in [2.24, 2.45) is 5.92 Å². The van der Waals surface area contributed by atoms with Gasteiger partial charge in [0, 0.05) is 20.1 Å². The van der Waals surface area contributed by atoms with Crippen molar-refractivity contribution in [3.63, 3.8) is 0 Å². The predicted octanol–water partition coefficient (Wildman–Crippen LogP) is 3.77. The third-order valence-electron chi connectivity index (χ3n) is 5.34. The number of nitrogens with zero attached hydrogens (tertiary/aromatic N) is 3. The minimum Gasteiger partial charge on any atom is -0.489 e. The molecule has 2 aliphatic rings. The van der Waals surface area contributed by atoms with Crippen LogP contribution >= 0.6 is 0 Å². The van der Waals surface area contributed by atoms with Crippen LogP contribution in [-0.2, 0) is 4.74 Å². The molecule has 2 heterocycles. The van der Waals surface area contributed by atoms with E-state index in [1.165, 1.54) is 6.33 Å². The third kappa shape index (κ3) is 4.35. The summed E-state index contributed by atoms with van der Waals surface area (Å²) in [6.07, 6.45) is 4.50. The molecule has 1 aromatic heterocycles. The molecule has 6 nitrogen and oxygen atoms in total. The minimum absolute atomic E-state index is 0.0177. The Morgan fingerprint density at radius 1 is 1.18 bits per heavy atom. The zero-order valence-electron chi connectivity index (χ0n) is 16.3. The molecule has 0 spiro atoms. The van der Waals surface area contributed by atoms with Crippen molar-refractivity contribution in [1.82, 2.24) is 9.97 Å². The van der Waals surface area contributed by atoms with Crippen LogP contribution in [0, 0.1) is 11.7 Å². The van der Waals surface area contributed by atoms with E-state index in [4.69, 9.17) is 14.2 Å². The highest BCUT2D eigenvalue weighted by Crippen LogP contribution is 2.32. The summed E-state index contributed by atoms with van der Waals surface area (Å²) in [6, 6.07) is 7.90. The summed E-state index contributed by atoms with van der Waals surface area (Å²) in [5.74, 6) is 1.19.